The zero-order valence-electron chi connectivity index (χ0n) is 15.1. The molecule has 0 saturated heterocycles. The maximum Gasteiger partial charge on any atom is 0.214 e. The molecule has 27 heavy (non-hydrogen) atoms. The van der Waals surface area contributed by atoms with Gasteiger partial charge in [-0.05, 0) is 54.6 Å². The molecular weight excluding hydrogens is 367 g/mol. The molecule has 0 aliphatic carbocycles. The van der Waals surface area contributed by atoms with Crippen LogP contribution >= 0.6 is 11.8 Å². The molecule has 0 amide bonds. The third kappa shape index (κ3) is 3.75. The Hall–Kier alpha value is -2.61. The van der Waals surface area contributed by atoms with Crippen LogP contribution < -0.4 is 9.47 Å². The summed E-state index contributed by atoms with van der Waals surface area (Å²) in [7, 11) is 0. The van der Waals surface area contributed by atoms with Gasteiger partial charge in [0, 0.05) is 23.3 Å². The van der Waals surface area contributed by atoms with Crippen LogP contribution in [0.3, 0.4) is 0 Å². The first-order chi connectivity index (χ1) is 13.1. The molecule has 0 bridgehead atoms. The number of halogens is 1. The van der Waals surface area contributed by atoms with Gasteiger partial charge in [-0.15, -0.1) is 5.10 Å². The number of hydrogen-bond donors (Lipinski definition) is 0. The van der Waals surface area contributed by atoms with Crippen molar-refractivity contribution in [2.75, 3.05) is 6.61 Å². The molecule has 0 N–H and O–H groups in total. The number of aromatic nitrogens is 4. The Labute approximate surface area is 160 Å². The van der Waals surface area contributed by atoms with Gasteiger partial charge < -0.3 is 9.47 Å². The number of thioether (sulfide) groups is 1. The van der Waals surface area contributed by atoms with E-state index in [1.807, 2.05) is 13.0 Å². The molecule has 1 aliphatic heterocycles. The van der Waals surface area contributed by atoms with Crippen molar-refractivity contribution in [1.82, 2.24) is 20.2 Å². The molecule has 1 aromatic heterocycles. The first kappa shape index (κ1) is 17.8. The standard InChI is InChI=1S/C19H19FN4O2S/c1-3-25-17-8-13-7-12(2)26-18(13)9-14(17)11-27-19-21-22-23-24(19)16-6-4-5-15(20)10-16/h4-6,8-10,12H,3,7,11H2,1-2H3. The second-order valence-corrected chi connectivity index (χ2v) is 7.22. The van der Waals surface area contributed by atoms with E-state index in [9.17, 15) is 4.39 Å². The van der Waals surface area contributed by atoms with E-state index in [0.717, 1.165) is 23.5 Å². The van der Waals surface area contributed by atoms with Crippen LogP contribution in [0.5, 0.6) is 11.5 Å². The van der Waals surface area contributed by atoms with Crippen LogP contribution in [-0.2, 0) is 12.2 Å². The number of fused-ring (bicyclic) bond motifs is 1. The summed E-state index contributed by atoms with van der Waals surface area (Å²) >= 11 is 1.46. The highest BCUT2D eigenvalue weighted by Gasteiger charge is 2.22. The van der Waals surface area contributed by atoms with Crippen molar-refractivity contribution >= 4 is 11.8 Å². The molecule has 2 heterocycles. The summed E-state index contributed by atoms with van der Waals surface area (Å²) in [5.74, 6) is 2.04. The van der Waals surface area contributed by atoms with E-state index in [2.05, 4.69) is 28.5 Å². The number of ether oxygens (including phenoxy) is 2. The molecule has 2 aromatic carbocycles. The normalized spacial score (nSPS) is 15.4. The summed E-state index contributed by atoms with van der Waals surface area (Å²) in [6.45, 7) is 4.61. The molecule has 0 spiro atoms. The van der Waals surface area contributed by atoms with Crippen molar-refractivity contribution in [3.05, 3.63) is 53.3 Å². The highest BCUT2D eigenvalue weighted by Crippen LogP contribution is 2.37. The van der Waals surface area contributed by atoms with Crippen molar-refractivity contribution in [2.24, 2.45) is 0 Å². The van der Waals surface area contributed by atoms with Gasteiger partial charge in [0.15, 0.2) is 0 Å². The van der Waals surface area contributed by atoms with Crippen molar-refractivity contribution in [3.63, 3.8) is 0 Å². The van der Waals surface area contributed by atoms with Crippen LogP contribution in [0.4, 0.5) is 4.39 Å². The van der Waals surface area contributed by atoms with E-state index < -0.39 is 0 Å². The molecule has 0 radical (unpaired) electrons. The molecule has 1 unspecified atom stereocenters. The molecule has 140 valence electrons. The van der Waals surface area contributed by atoms with E-state index in [4.69, 9.17) is 9.47 Å². The quantitative estimate of drug-likeness (QED) is 0.600. The van der Waals surface area contributed by atoms with Crippen LogP contribution in [0.15, 0.2) is 41.6 Å². The second kappa shape index (κ2) is 7.56. The zero-order valence-corrected chi connectivity index (χ0v) is 15.9. The fourth-order valence-corrected chi connectivity index (χ4v) is 3.93. The van der Waals surface area contributed by atoms with Crippen LogP contribution in [0.25, 0.3) is 5.69 Å². The summed E-state index contributed by atoms with van der Waals surface area (Å²) in [6.07, 6.45) is 1.07. The topological polar surface area (TPSA) is 62.1 Å². The van der Waals surface area contributed by atoms with Gasteiger partial charge in [0.2, 0.25) is 5.16 Å². The zero-order chi connectivity index (χ0) is 18.8. The van der Waals surface area contributed by atoms with Crippen molar-refractivity contribution in [1.29, 1.82) is 0 Å². The molecular formula is C19H19FN4O2S. The van der Waals surface area contributed by atoms with Gasteiger partial charge in [0.25, 0.3) is 0 Å². The molecule has 0 saturated carbocycles. The molecule has 0 fully saturated rings. The molecule has 8 heteroatoms. The highest BCUT2D eigenvalue weighted by molar-refractivity contribution is 7.98. The smallest absolute Gasteiger partial charge is 0.214 e. The lowest BCUT2D eigenvalue weighted by atomic mass is 10.1. The lowest BCUT2D eigenvalue weighted by Crippen LogP contribution is -2.05. The summed E-state index contributed by atoms with van der Waals surface area (Å²) in [4.78, 5) is 0. The van der Waals surface area contributed by atoms with Crippen molar-refractivity contribution in [3.8, 4) is 17.2 Å². The third-order valence-electron chi connectivity index (χ3n) is 4.23. The predicted octanol–water partition coefficient (Wildman–Crippen LogP) is 3.82. The maximum atomic E-state index is 13.5. The van der Waals surface area contributed by atoms with Gasteiger partial charge >= 0.3 is 0 Å². The minimum atomic E-state index is -0.331. The van der Waals surface area contributed by atoms with Crippen LogP contribution in [0, 0.1) is 5.82 Å². The summed E-state index contributed by atoms with van der Waals surface area (Å²) < 4.78 is 26.7. The lowest BCUT2D eigenvalue weighted by Gasteiger charge is -2.12. The van der Waals surface area contributed by atoms with E-state index in [0.29, 0.717) is 23.2 Å². The van der Waals surface area contributed by atoms with Gasteiger partial charge in [-0.2, -0.15) is 4.68 Å². The number of tetrazole rings is 1. The summed E-state index contributed by atoms with van der Waals surface area (Å²) in [5.41, 5.74) is 2.77. The predicted molar refractivity (Wildman–Crippen MR) is 100 cm³/mol. The van der Waals surface area contributed by atoms with Gasteiger partial charge in [-0.25, -0.2) is 4.39 Å². The average Bonchev–Trinajstić information content (AvgIpc) is 3.25. The van der Waals surface area contributed by atoms with E-state index in [1.165, 1.54) is 34.1 Å². The van der Waals surface area contributed by atoms with Crippen molar-refractivity contribution < 1.29 is 13.9 Å². The van der Waals surface area contributed by atoms with E-state index in [1.54, 1.807) is 12.1 Å². The molecule has 1 atom stereocenters. The van der Waals surface area contributed by atoms with Crippen LogP contribution in [0.2, 0.25) is 0 Å². The first-order valence-corrected chi connectivity index (χ1v) is 9.75. The largest absolute Gasteiger partial charge is 0.494 e. The Balaban J connectivity index is 1.58. The Bertz CT molecular complexity index is 963. The van der Waals surface area contributed by atoms with Gasteiger partial charge in [-0.3, -0.25) is 0 Å². The minimum Gasteiger partial charge on any atom is -0.494 e. The molecule has 1 aliphatic rings. The Morgan fingerprint density at radius 2 is 2.22 bits per heavy atom. The first-order valence-electron chi connectivity index (χ1n) is 8.76. The molecule has 6 nitrogen and oxygen atoms in total. The molecule has 3 aromatic rings. The Kier molecular flexibility index (Phi) is 4.98. The van der Waals surface area contributed by atoms with Gasteiger partial charge in [-0.1, -0.05) is 17.8 Å². The van der Waals surface area contributed by atoms with E-state index >= 15 is 0 Å². The average molecular weight is 386 g/mol. The Morgan fingerprint density at radius 3 is 3.04 bits per heavy atom. The third-order valence-corrected chi connectivity index (χ3v) is 5.20. The minimum absolute atomic E-state index is 0.178. The van der Waals surface area contributed by atoms with Crippen molar-refractivity contribution in [2.45, 2.75) is 37.3 Å². The van der Waals surface area contributed by atoms with Crippen LogP contribution in [0.1, 0.15) is 25.0 Å². The number of nitrogens with zero attached hydrogens (tertiary/aromatic N) is 4. The fraction of sp³-hybridized carbons (Fsp3) is 0.316. The maximum absolute atomic E-state index is 13.5. The fourth-order valence-electron chi connectivity index (χ4n) is 3.07. The number of benzene rings is 2. The number of rotatable bonds is 6. The van der Waals surface area contributed by atoms with Gasteiger partial charge in [0.1, 0.15) is 23.4 Å². The Morgan fingerprint density at radius 1 is 1.33 bits per heavy atom. The number of hydrogen-bond acceptors (Lipinski definition) is 6. The van der Waals surface area contributed by atoms with Crippen LogP contribution in [-0.4, -0.2) is 32.9 Å². The summed E-state index contributed by atoms with van der Waals surface area (Å²) in [6, 6.07) is 10.3. The second-order valence-electron chi connectivity index (χ2n) is 6.28. The lowest BCUT2D eigenvalue weighted by molar-refractivity contribution is 0.254. The SMILES string of the molecule is CCOc1cc2c(cc1CSc1nnnn1-c1cccc(F)c1)OC(C)C2. The summed E-state index contributed by atoms with van der Waals surface area (Å²) in [5, 5.41) is 12.4. The van der Waals surface area contributed by atoms with Gasteiger partial charge in [0.05, 0.1) is 12.3 Å². The molecule has 4 rings (SSSR count). The van der Waals surface area contributed by atoms with E-state index in [-0.39, 0.29) is 11.9 Å². The monoisotopic (exact) mass is 386 g/mol. The highest BCUT2D eigenvalue weighted by atomic mass is 32.2.